The summed E-state index contributed by atoms with van der Waals surface area (Å²) in [6.07, 6.45) is 1.08. The monoisotopic (exact) mass is 323 g/mol. The largest absolute Gasteiger partial charge is 0.380 e. The zero-order valence-electron chi connectivity index (χ0n) is 10.5. The first kappa shape index (κ1) is 13.9. The van der Waals surface area contributed by atoms with Crippen molar-refractivity contribution < 1.29 is 8.91 Å². The molecule has 2 aromatic heterocycles. The highest BCUT2D eigenvalue weighted by Gasteiger charge is 2.20. The molecule has 0 saturated carbocycles. The lowest BCUT2D eigenvalue weighted by Gasteiger charge is -2.05. The number of benzene rings is 1. The Bertz CT molecular complexity index is 802. The molecule has 0 atom stereocenters. The molecule has 0 amide bonds. The Morgan fingerprint density at radius 1 is 1.14 bits per heavy atom. The molecule has 0 aliphatic carbocycles. The number of pyridine rings is 1. The smallest absolute Gasteiger partial charge is 0.195 e. The standard InChI is InChI=1S/C14H8Cl2FN3O/c15-7-1-3-9(10(16)5-7)12-13(21-20-14(12)18)11-4-2-8(17)6-19-11/h1-6H,(H2,18,20). The Labute approximate surface area is 129 Å². The predicted octanol–water partition coefficient (Wildman–Crippen LogP) is 4.43. The molecule has 106 valence electrons. The van der Waals surface area contributed by atoms with Gasteiger partial charge in [0.2, 0.25) is 0 Å². The van der Waals surface area contributed by atoms with E-state index in [1.807, 2.05) is 0 Å². The highest BCUT2D eigenvalue weighted by atomic mass is 35.5. The van der Waals surface area contributed by atoms with E-state index in [4.69, 9.17) is 33.5 Å². The van der Waals surface area contributed by atoms with Crippen molar-refractivity contribution in [3.05, 3.63) is 52.4 Å². The lowest BCUT2D eigenvalue weighted by Crippen LogP contribution is -1.91. The number of nitrogens with zero attached hydrogens (tertiary/aromatic N) is 2. The second-order valence-electron chi connectivity index (χ2n) is 4.26. The van der Waals surface area contributed by atoms with Gasteiger partial charge in [0.1, 0.15) is 11.5 Å². The van der Waals surface area contributed by atoms with Gasteiger partial charge in [0.15, 0.2) is 11.6 Å². The summed E-state index contributed by atoms with van der Waals surface area (Å²) in [6, 6.07) is 7.72. The summed E-state index contributed by atoms with van der Waals surface area (Å²) in [4.78, 5) is 3.96. The lowest BCUT2D eigenvalue weighted by atomic mass is 10.0. The number of nitrogens with two attached hydrogens (primary N) is 1. The molecule has 2 N–H and O–H groups in total. The van der Waals surface area contributed by atoms with Crippen LogP contribution in [0.3, 0.4) is 0 Å². The highest BCUT2D eigenvalue weighted by molar-refractivity contribution is 6.36. The molecule has 0 bridgehead atoms. The van der Waals surface area contributed by atoms with E-state index in [1.165, 1.54) is 12.1 Å². The van der Waals surface area contributed by atoms with Crippen molar-refractivity contribution >= 4 is 29.0 Å². The first-order valence-electron chi connectivity index (χ1n) is 5.89. The number of anilines is 1. The van der Waals surface area contributed by atoms with Crippen molar-refractivity contribution in [1.29, 1.82) is 0 Å². The molecular weight excluding hydrogens is 316 g/mol. The summed E-state index contributed by atoms with van der Waals surface area (Å²) in [6.45, 7) is 0. The Hall–Kier alpha value is -2.11. The van der Waals surface area contributed by atoms with E-state index >= 15 is 0 Å². The maximum absolute atomic E-state index is 13.0. The van der Waals surface area contributed by atoms with Crippen LogP contribution in [-0.2, 0) is 0 Å². The van der Waals surface area contributed by atoms with Gasteiger partial charge in [-0.25, -0.2) is 9.37 Å². The van der Waals surface area contributed by atoms with E-state index in [9.17, 15) is 4.39 Å². The number of hydrogen-bond donors (Lipinski definition) is 1. The molecule has 1 aromatic carbocycles. The van der Waals surface area contributed by atoms with Gasteiger partial charge in [0.05, 0.1) is 16.8 Å². The molecule has 0 fully saturated rings. The van der Waals surface area contributed by atoms with E-state index < -0.39 is 5.82 Å². The first-order valence-corrected chi connectivity index (χ1v) is 6.64. The average molecular weight is 324 g/mol. The molecule has 0 aliphatic rings. The maximum atomic E-state index is 13.0. The molecule has 0 unspecified atom stereocenters. The molecule has 0 radical (unpaired) electrons. The molecule has 0 aliphatic heterocycles. The van der Waals surface area contributed by atoms with Crippen LogP contribution in [0.4, 0.5) is 10.2 Å². The van der Waals surface area contributed by atoms with Gasteiger partial charge in [-0.05, 0) is 24.3 Å². The molecule has 3 rings (SSSR count). The van der Waals surface area contributed by atoms with Gasteiger partial charge < -0.3 is 10.3 Å². The summed E-state index contributed by atoms with van der Waals surface area (Å²) >= 11 is 12.1. The van der Waals surface area contributed by atoms with Crippen LogP contribution in [0.1, 0.15) is 0 Å². The normalized spacial score (nSPS) is 10.8. The number of halogens is 3. The number of aromatic nitrogens is 2. The average Bonchev–Trinajstić information content (AvgIpc) is 2.82. The Kier molecular flexibility index (Phi) is 3.53. The van der Waals surface area contributed by atoms with Gasteiger partial charge in [-0.3, -0.25) is 0 Å². The third-order valence-corrected chi connectivity index (χ3v) is 3.43. The second kappa shape index (κ2) is 5.35. The fourth-order valence-corrected chi connectivity index (χ4v) is 2.44. The minimum Gasteiger partial charge on any atom is -0.380 e. The molecule has 21 heavy (non-hydrogen) atoms. The van der Waals surface area contributed by atoms with E-state index in [0.717, 1.165) is 6.20 Å². The van der Waals surface area contributed by atoms with Crippen LogP contribution in [0.25, 0.3) is 22.6 Å². The van der Waals surface area contributed by atoms with Gasteiger partial charge in [-0.15, -0.1) is 0 Å². The van der Waals surface area contributed by atoms with Crippen LogP contribution in [0.15, 0.2) is 41.1 Å². The van der Waals surface area contributed by atoms with E-state index in [0.29, 0.717) is 32.6 Å². The molecule has 0 spiro atoms. The van der Waals surface area contributed by atoms with Crippen LogP contribution in [0.2, 0.25) is 10.0 Å². The van der Waals surface area contributed by atoms with Crippen molar-refractivity contribution in [3.63, 3.8) is 0 Å². The molecule has 0 saturated heterocycles. The third-order valence-electron chi connectivity index (χ3n) is 2.88. The summed E-state index contributed by atoms with van der Waals surface area (Å²) in [5.41, 5.74) is 7.36. The fraction of sp³-hybridized carbons (Fsp3) is 0. The number of hydrogen-bond acceptors (Lipinski definition) is 4. The van der Waals surface area contributed by atoms with Crippen molar-refractivity contribution in [3.8, 4) is 22.6 Å². The minimum atomic E-state index is -0.447. The van der Waals surface area contributed by atoms with Crippen molar-refractivity contribution in [2.75, 3.05) is 5.73 Å². The highest BCUT2D eigenvalue weighted by Crippen LogP contribution is 2.40. The first-order chi connectivity index (χ1) is 10.1. The maximum Gasteiger partial charge on any atom is 0.195 e. The lowest BCUT2D eigenvalue weighted by molar-refractivity contribution is 0.434. The van der Waals surface area contributed by atoms with Crippen molar-refractivity contribution in [1.82, 2.24) is 10.1 Å². The summed E-state index contributed by atoms with van der Waals surface area (Å²) in [5.74, 6) is 0.0365. The minimum absolute atomic E-state index is 0.167. The summed E-state index contributed by atoms with van der Waals surface area (Å²) in [7, 11) is 0. The molecule has 4 nitrogen and oxygen atoms in total. The van der Waals surface area contributed by atoms with Crippen LogP contribution in [0.5, 0.6) is 0 Å². The van der Waals surface area contributed by atoms with Crippen LogP contribution < -0.4 is 5.73 Å². The van der Waals surface area contributed by atoms with Crippen LogP contribution in [-0.4, -0.2) is 10.1 Å². The molecular formula is C14H8Cl2FN3O. The van der Waals surface area contributed by atoms with Gasteiger partial charge in [-0.1, -0.05) is 34.4 Å². The van der Waals surface area contributed by atoms with E-state index in [1.54, 1.807) is 18.2 Å². The second-order valence-corrected chi connectivity index (χ2v) is 5.10. The zero-order valence-corrected chi connectivity index (χ0v) is 12.0. The Morgan fingerprint density at radius 2 is 1.95 bits per heavy atom. The molecule has 7 heteroatoms. The van der Waals surface area contributed by atoms with Crippen LogP contribution in [0, 0.1) is 5.82 Å². The van der Waals surface area contributed by atoms with E-state index in [-0.39, 0.29) is 5.82 Å². The van der Waals surface area contributed by atoms with Crippen LogP contribution >= 0.6 is 23.2 Å². The SMILES string of the molecule is Nc1noc(-c2ccc(F)cn2)c1-c1ccc(Cl)cc1Cl. The van der Waals surface area contributed by atoms with Crippen molar-refractivity contribution in [2.45, 2.75) is 0 Å². The van der Waals surface area contributed by atoms with Crippen molar-refractivity contribution in [2.24, 2.45) is 0 Å². The van der Waals surface area contributed by atoms with E-state index in [2.05, 4.69) is 10.1 Å². The summed E-state index contributed by atoms with van der Waals surface area (Å²) < 4.78 is 18.2. The zero-order chi connectivity index (χ0) is 15.0. The third kappa shape index (κ3) is 2.57. The number of rotatable bonds is 2. The number of nitrogen functional groups attached to an aromatic ring is 1. The topological polar surface area (TPSA) is 64.9 Å². The van der Waals surface area contributed by atoms with Gasteiger partial charge in [-0.2, -0.15) is 0 Å². The molecule has 3 aromatic rings. The summed E-state index contributed by atoms with van der Waals surface area (Å²) in [5, 5.41) is 4.64. The Balaban J connectivity index is 2.19. The molecule has 2 heterocycles. The van der Waals surface area contributed by atoms with Gasteiger partial charge in [0, 0.05) is 10.6 Å². The van der Waals surface area contributed by atoms with Gasteiger partial charge >= 0.3 is 0 Å². The predicted molar refractivity (Wildman–Crippen MR) is 79.6 cm³/mol. The Morgan fingerprint density at radius 3 is 2.62 bits per heavy atom. The van der Waals surface area contributed by atoms with Gasteiger partial charge in [0.25, 0.3) is 0 Å². The quantitative estimate of drug-likeness (QED) is 0.757. The fourth-order valence-electron chi connectivity index (χ4n) is 1.94.